The summed E-state index contributed by atoms with van der Waals surface area (Å²) in [6, 6.07) is 15.6. The lowest BCUT2D eigenvalue weighted by atomic mass is 10.1. The van der Waals surface area contributed by atoms with Gasteiger partial charge in [-0.15, -0.1) is 0 Å². The zero-order chi connectivity index (χ0) is 18.7. The van der Waals surface area contributed by atoms with Gasteiger partial charge in [0.2, 0.25) is 0 Å². The molecule has 0 bridgehead atoms. The highest BCUT2D eigenvalue weighted by Gasteiger charge is 2.11. The first-order valence-corrected chi connectivity index (χ1v) is 8.70. The molecular formula is C20H16Cl2N2O2. The number of carbonyl (C=O) groups excluding carboxylic acids is 1. The number of nitrogens with one attached hydrogen (secondary N) is 1. The predicted octanol–water partition coefficient (Wildman–Crippen LogP) is 4.76. The lowest BCUT2D eigenvalue weighted by Crippen LogP contribution is -2.22. The van der Waals surface area contributed by atoms with Crippen LogP contribution in [0.5, 0.6) is 0 Å². The summed E-state index contributed by atoms with van der Waals surface area (Å²) >= 11 is 11.9. The topological polar surface area (TPSA) is 51.1 Å². The van der Waals surface area contributed by atoms with Crippen molar-refractivity contribution in [2.24, 2.45) is 0 Å². The highest BCUT2D eigenvalue weighted by atomic mass is 35.5. The third kappa shape index (κ3) is 4.34. The quantitative estimate of drug-likeness (QED) is 0.702. The smallest absolute Gasteiger partial charge is 0.257 e. The maximum Gasteiger partial charge on any atom is 0.257 e. The molecule has 0 aliphatic rings. The fourth-order valence-corrected chi connectivity index (χ4v) is 2.92. The van der Waals surface area contributed by atoms with Gasteiger partial charge in [0.1, 0.15) is 0 Å². The Morgan fingerprint density at radius 2 is 1.77 bits per heavy atom. The number of halogens is 2. The number of aryl methyl sites for hydroxylation is 1. The molecule has 0 unspecified atom stereocenters. The number of anilines is 1. The summed E-state index contributed by atoms with van der Waals surface area (Å²) in [4.78, 5) is 24.6. The third-order valence-electron chi connectivity index (χ3n) is 3.90. The lowest BCUT2D eigenvalue weighted by molar-refractivity contribution is 0.102. The third-order valence-corrected chi connectivity index (χ3v) is 4.45. The standard InChI is InChI=1S/C20H16Cl2N2O2/c1-13-2-4-14(5-3-13)11-24-12-15(6-9-19(24)25)20(26)23-18-8-7-16(21)10-17(18)22/h2-10,12H,11H2,1H3,(H,23,26). The van der Waals surface area contributed by atoms with E-state index in [1.807, 2.05) is 31.2 Å². The van der Waals surface area contributed by atoms with Crippen LogP contribution in [0.4, 0.5) is 5.69 Å². The fourth-order valence-electron chi connectivity index (χ4n) is 2.46. The van der Waals surface area contributed by atoms with E-state index < -0.39 is 0 Å². The number of hydrogen-bond acceptors (Lipinski definition) is 2. The first-order valence-electron chi connectivity index (χ1n) is 7.95. The first-order chi connectivity index (χ1) is 12.4. The molecule has 0 radical (unpaired) electrons. The molecule has 0 saturated carbocycles. The van der Waals surface area contributed by atoms with Gasteiger partial charge in [0.05, 0.1) is 22.8 Å². The normalized spacial score (nSPS) is 10.6. The Labute approximate surface area is 161 Å². The van der Waals surface area contributed by atoms with E-state index in [1.165, 1.54) is 16.7 Å². The van der Waals surface area contributed by atoms with Crippen molar-refractivity contribution in [3.8, 4) is 0 Å². The van der Waals surface area contributed by atoms with Crippen molar-refractivity contribution in [2.45, 2.75) is 13.5 Å². The second-order valence-electron chi connectivity index (χ2n) is 5.95. The van der Waals surface area contributed by atoms with Gasteiger partial charge in [-0.25, -0.2) is 0 Å². The van der Waals surface area contributed by atoms with Crippen LogP contribution in [0, 0.1) is 6.92 Å². The largest absolute Gasteiger partial charge is 0.321 e. The second kappa shape index (κ2) is 7.77. The minimum Gasteiger partial charge on any atom is -0.321 e. The van der Waals surface area contributed by atoms with Gasteiger partial charge < -0.3 is 9.88 Å². The SMILES string of the molecule is Cc1ccc(Cn2cc(C(=O)Nc3ccc(Cl)cc3Cl)ccc2=O)cc1. The maximum atomic E-state index is 12.5. The molecule has 3 aromatic rings. The molecule has 0 spiro atoms. The molecule has 0 atom stereocenters. The minimum absolute atomic E-state index is 0.174. The van der Waals surface area contributed by atoms with Crippen molar-refractivity contribution >= 4 is 34.8 Å². The lowest BCUT2D eigenvalue weighted by Gasteiger charge is -2.10. The number of benzene rings is 2. The molecule has 0 aliphatic carbocycles. The molecule has 0 saturated heterocycles. The summed E-state index contributed by atoms with van der Waals surface area (Å²) in [6.07, 6.45) is 1.54. The molecule has 0 aliphatic heterocycles. The van der Waals surface area contributed by atoms with Gasteiger partial charge in [0.25, 0.3) is 11.5 Å². The second-order valence-corrected chi connectivity index (χ2v) is 6.79. The monoisotopic (exact) mass is 386 g/mol. The Balaban J connectivity index is 1.83. The molecule has 4 nitrogen and oxygen atoms in total. The van der Waals surface area contributed by atoms with E-state index in [2.05, 4.69) is 5.32 Å². The van der Waals surface area contributed by atoms with E-state index in [-0.39, 0.29) is 11.5 Å². The van der Waals surface area contributed by atoms with Crippen LogP contribution in [0.3, 0.4) is 0 Å². The Hall–Kier alpha value is -2.56. The van der Waals surface area contributed by atoms with Crippen molar-refractivity contribution in [2.75, 3.05) is 5.32 Å². The van der Waals surface area contributed by atoms with E-state index in [0.717, 1.165) is 11.1 Å². The van der Waals surface area contributed by atoms with Crippen LogP contribution in [0.15, 0.2) is 65.6 Å². The van der Waals surface area contributed by atoms with Crippen molar-refractivity contribution < 1.29 is 4.79 Å². The van der Waals surface area contributed by atoms with Crippen molar-refractivity contribution in [1.82, 2.24) is 4.57 Å². The Morgan fingerprint density at radius 1 is 1.04 bits per heavy atom. The fraction of sp³-hybridized carbons (Fsp3) is 0.100. The Bertz CT molecular complexity index is 1010. The number of carbonyl (C=O) groups is 1. The van der Waals surface area contributed by atoms with E-state index >= 15 is 0 Å². The highest BCUT2D eigenvalue weighted by Crippen LogP contribution is 2.25. The number of amides is 1. The molecule has 26 heavy (non-hydrogen) atoms. The maximum absolute atomic E-state index is 12.5. The van der Waals surface area contributed by atoms with Crippen LogP contribution >= 0.6 is 23.2 Å². The summed E-state index contributed by atoms with van der Waals surface area (Å²) in [7, 11) is 0. The summed E-state index contributed by atoms with van der Waals surface area (Å²) in [5, 5.41) is 3.56. The van der Waals surface area contributed by atoms with Crippen LogP contribution in [-0.4, -0.2) is 10.5 Å². The van der Waals surface area contributed by atoms with Crippen LogP contribution in [0.1, 0.15) is 21.5 Å². The molecule has 1 heterocycles. The average molecular weight is 387 g/mol. The Morgan fingerprint density at radius 3 is 2.46 bits per heavy atom. The highest BCUT2D eigenvalue weighted by molar-refractivity contribution is 6.36. The van der Waals surface area contributed by atoms with Crippen LogP contribution in [-0.2, 0) is 6.54 Å². The molecule has 0 fully saturated rings. The molecule has 1 amide bonds. The van der Waals surface area contributed by atoms with Gasteiger partial charge in [-0.2, -0.15) is 0 Å². The van der Waals surface area contributed by atoms with E-state index in [9.17, 15) is 9.59 Å². The first kappa shape index (κ1) is 18.2. The van der Waals surface area contributed by atoms with Gasteiger partial charge in [-0.1, -0.05) is 53.0 Å². The van der Waals surface area contributed by atoms with E-state index in [4.69, 9.17) is 23.2 Å². The van der Waals surface area contributed by atoms with Gasteiger partial charge in [-0.3, -0.25) is 9.59 Å². The Kier molecular flexibility index (Phi) is 5.45. The number of nitrogens with zero attached hydrogens (tertiary/aromatic N) is 1. The van der Waals surface area contributed by atoms with Crippen molar-refractivity contribution in [3.05, 3.63) is 97.9 Å². The molecule has 132 valence electrons. The number of pyridine rings is 1. The molecule has 1 aromatic heterocycles. The molecule has 1 N–H and O–H groups in total. The number of hydrogen-bond donors (Lipinski definition) is 1. The van der Waals surface area contributed by atoms with Crippen molar-refractivity contribution in [3.63, 3.8) is 0 Å². The zero-order valence-electron chi connectivity index (χ0n) is 14.0. The number of rotatable bonds is 4. The summed E-state index contributed by atoms with van der Waals surface area (Å²) < 4.78 is 1.50. The van der Waals surface area contributed by atoms with Crippen LogP contribution in [0.2, 0.25) is 10.0 Å². The summed E-state index contributed by atoms with van der Waals surface area (Å²) in [5.41, 5.74) is 2.77. The molecule has 2 aromatic carbocycles. The van der Waals surface area contributed by atoms with E-state index in [0.29, 0.717) is 27.8 Å². The molecule has 6 heteroatoms. The summed E-state index contributed by atoms with van der Waals surface area (Å²) in [6.45, 7) is 2.39. The van der Waals surface area contributed by atoms with Gasteiger partial charge in [0, 0.05) is 17.3 Å². The van der Waals surface area contributed by atoms with E-state index in [1.54, 1.807) is 24.4 Å². The van der Waals surface area contributed by atoms with Gasteiger partial charge in [0.15, 0.2) is 0 Å². The van der Waals surface area contributed by atoms with Gasteiger partial charge in [-0.05, 0) is 36.8 Å². The van der Waals surface area contributed by atoms with Crippen LogP contribution < -0.4 is 10.9 Å². The predicted molar refractivity (Wildman–Crippen MR) is 105 cm³/mol. The number of aromatic nitrogens is 1. The van der Waals surface area contributed by atoms with Crippen LogP contribution in [0.25, 0.3) is 0 Å². The van der Waals surface area contributed by atoms with Crippen molar-refractivity contribution in [1.29, 1.82) is 0 Å². The molecule has 3 rings (SSSR count). The molecular weight excluding hydrogens is 371 g/mol. The average Bonchev–Trinajstić information content (AvgIpc) is 2.61. The minimum atomic E-state index is -0.355. The van der Waals surface area contributed by atoms with Gasteiger partial charge >= 0.3 is 0 Å². The zero-order valence-corrected chi connectivity index (χ0v) is 15.5. The summed E-state index contributed by atoms with van der Waals surface area (Å²) in [5.74, 6) is -0.355.